The molecule has 1 N–H and O–H groups in total. The molecule has 5 rings (SSSR count). The second kappa shape index (κ2) is 7.93. The van der Waals surface area contributed by atoms with Crippen LogP contribution in [0.5, 0.6) is 0 Å². The SMILES string of the molecule is N#Cc1c2c(c3nncn3c1NCc1ccccn1)CN(Cc1ccccc1)CC2. The number of rotatable bonds is 5. The number of nitrogens with zero attached hydrogens (tertiary/aromatic N) is 6. The molecule has 7 nitrogen and oxygen atoms in total. The lowest BCUT2D eigenvalue weighted by atomic mass is 9.95. The molecule has 4 aromatic rings. The van der Waals surface area contributed by atoms with Crippen LogP contribution in [0.4, 0.5) is 5.82 Å². The molecular formula is C23H21N7. The van der Waals surface area contributed by atoms with Gasteiger partial charge in [-0.2, -0.15) is 5.26 Å². The maximum atomic E-state index is 10.00. The van der Waals surface area contributed by atoms with Crippen LogP contribution in [-0.2, 0) is 26.1 Å². The number of fused-ring (bicyclic) bond motifs is 3. The predicted octanol–water partition coefficient (Wildman–Crippen LogP) is 3.17. The molecule has 0 radical (unpaired) electrons. The van der Waals surface area contributed by atoms with E-state index < -0.39 is 0 Å². The highest BCUT2D eigenvalue weighted by molar-refractivity contribution is 5.68. The summed E-state index contributed by atoms with van der Waals surface area (Å²) in [6, 6.07) is 18.7. The van der Waals surface area contributed by atoms with E-state index in [0.29, 0.717) is 12.1 Å². The summed E-state index contributed by atoms with van der Waals surface area (Å²) >= 11 is 0. The van der Waals surface area contributed by atoms with Crippen molar-refractivity contribution in [3.63, 3.8) is 0 Å². The number of anilines is 1. The molecule has 0 amide bonds. The molecule has 0 spiro atoms. The summed E-state index contributed by atoms with van der Waals surface area (Å²) in [5, 5.41) is 21.9. The zero-order valence-electron chi connectivity index (χ0n) is 16.5. The molecule has 4 heterocycles. The van der Waals surface area contributed by atoms with Gasteiger partial charge in [-0.25, -0.2) is 0 Å². The van der Waals surface area contributed by atoms with Crippen LogP contribution in [0, 0.1) is 11.3 Å². The quantitative estimate of drug-likeness (QED) is 0.559. The Morgan fingerprint density at radius 2 is 1.93 bits per heavy atom. The summed E-state index contributed by atoms with van der Waals surface area (Å²) < 4.78 is 1.90. The van der Waals surface area contributed by atoms with Crippen molar-refractivity contribution in [3.8, 4) is 6.07 Å². The third-order valence-electron chi connectivity index (χ3n) is 5.55. The topological polar surface area (TPSA) is 82.1 Å². The average molecular weight is 395 g/mol. The Bertz CT molecular complexity index is 1210. The second-order valence-corrected chi connectivity index (χ2v) is 7.44. The minimum atomic E-state index is 0.529. The number of hydrogen-bond donors (Lipinski definition) is 1. The fourth-order valence-electron chi connectivity index (χ4n) is 4.12. The zero-order valence-corrected chi connectivity index (χ0v) is 16.5. The van der Waals surface area contributed by atoms with E-state index in [1.807, 2.05) is 28.7 Å². The van der Waals surface area contributed by atoms with E-state index in [-0.39, 0.29) is 0 Å². The molecule has 1 aliphatic heterocycles. The molecule has 0 saturated heterocycles. The van der Waals surface area contributed by atoms with Crippen LogP contribution in [0.25, 0.3) is 5.65 Å². The molecule has 0 aliphatic carbocycles. The molecule has 30 heavy (non-hydrogen) atoms. The fourth-order valence-corrected chi connectivity index (χ4v) is 4.12. The van der Waals surface area contributed by atoms with Gasteiger partial charge in [0, 0.05) is 31.4 Å². The Hall–Kier alpha value is -3.76. The van der Waals surface area contributed by atoms with Gasteiger partial charge in [0.1, 0.15) is 18.2 Å². The highest BCUT2D eigenvalue weighted by atomic mass is 15.3. The van der Waals surface area contributed by atoms with Crippen molar-refractivity contribution in [2.45, 2.75) is 26.1 Å². The third-order valence-corrected chi connectivity index (χ3v) is 5.55. The van der Waals surface area contributed by atoms with Crippen LogP contribution in [0.3, 0.4) is 0 Å². The average Bonchev–Trinajstić information content (AvgIpc) is 3.29. The number of aromatic nitrogens is 4. The predicted molar refractivity (Wildman–Crippen MR) is 114 cm³/mol. The molecule has 0 saturated carbocycles. The molecule has 0 fully saturated rings. The lowest BCUT2D eigenvalue weighted by Gasteiger charge is -2.30. The molecule has 0 bridgehead atoms. The van der Waals surface area contributed by atoms with Crippen LogP contribution < -0.4 is 5.32 Å². The highest BCUT2D eigenvalue weighted by Crippen LogP contribution is 2.31. The fraction of sp³-hybridized carbons (Fsp3) is 0.217. The maximum Gasteiger partial charge on any atom is 0.167 e. The Morgan fingerprint density at radius 3 is 2.73 bits per heavy atom. The van der Waals surface area contributed by atoms with Crippen molar-refractivity contribution >= 4 is 11.5 Å². The van der Waals surface area contributed by atoms with Crippen LogP contribution in [0.1, 0.15) is 27.9 Å². The molecule has 3 aromatic heterocycles. The van der Waals surface area contributed by atoms with Gasteiger partial charge in [0.2, 0.25) is 0 Å². The standard InChI is InChI=1S/C23H21N7/c24-12-20-19-9-11-29(14-17-6-2-1-3-7-17)15-21(19)23-28-27-16-30(23)22(20)26-13-18-8-4-5-10-25-18/h1-8,10,16,26H,9,11,13-15H2. The molecule has 7 heteroatoms. The van der Waals surface area contributed by atoms with E-state index in [2.05, 4.69) is 55.7 Å². The molecule has 148 valence electrons. The number of nitriles is 1. The Labute approximate surface area is 174 Å². The minimum absolute atomic E-state index is 0.529. The summed E-state index contributed by atoms with van der Waals surface area (Å²) in [4.78, 5) is 6.76. The summed E-state index contributed by atoms with van der Waals surface area (Å²) in [6.07, 6.45) is 4.25. The van der Waals surface area contributed by atoms with Crippen LogP contribution in [0.15, 0.2) is 61.1 Å². The van der Waals surface area contributed by atoms with Gasteiger partial charge in [-0.15, -0.1) is 10.2 Å². The summed E-state index contributed by atoms with van der Waals surface area (Å²) in [6.45, 7) is 3.06. The smallest absolute Gasteiger partial charge is 0.167 e. The largest absolute Gasteiger partial charge is 0.364 e. The molecule has 0 atom stereocenters. The van der Waals surface area contributed by atoms with Crippen molar-refractivity contribution in [1.82, 2.24) is 24.5 Å². The molecule has 0 unspecified atom stereocenters. The van der Waals surface area contributed by atoms with Gasteiger partial charge in [0.15, 0.2) is 5.65 Å². The first-order chi connectivity index (χ1) is 14.8. The molecule has 1 aliphatic rings. The Kier molecular flexibility index (Phi) is 4.83. The minimum Gasteiger partial charge on any atom is -0.364 e. The Balaban J connectivity index is 1.49. The summed E-state index contributed by atoms with van der Waals surface area (Å²) in [7, 11) is 0. The summed E-state index contributed by atoms with van der Waals surface area (Å²) in [5.74, 6) is 0.735. The first-order valence-corrected chi connectivity index (χ1v) is 10.0. The van der Waals surface area contributed by atoms with E-state index in [9.17, 15) is 5.26 Å². The van der Waals surface area contributed by atoms with E-state index in [4.69, 9.17) is 0 Å². The Morgan fingerprint density at radius 1 is 1.07 bits per heavy atom. The summed E-state index contributed by atoms with van der Waals surface area (Å²) in [5.41, 5.74) is 5.85. The van der Waals surface area contributed by atoms with Crippen molar-refractivity contribution in [2.24, 2.45) is 0 Å². The van der Waals surface area contributed by atoms with Crippen molar-refractivity contribution in [3.05, 3.63) is 89.0 Å². The van der Waals surface area contributed by atoms with Gasteiger partial charge in [-0.1, -0.05) is 36.4 Å². The second-order valence-electron chi connectivity index (χ2n) is 7.44. The van der Waals surface area contributed by atoms with Crippen molar-refractivity contribution in [1.29, 1.82) is 5.26 Å². The number of benzene rings is 1. The van der Waals surface area contributed by atoms with Crippen LogP contribution >= 0.6 is 0 Å². The van der Waals surface area contributed by atoms with Gasteiger partial charge in [0.25, 0.3) is 0 Å². The van der Waals surface area contributed by atoms with Gasteiger partial charge in [-0.3, -0.25) is 14.3 Å². The lowest BCUT2D eigenvalue weighted by molar-refractivity contribution is 0.246. The molecular weight excluding hydrogens is 374 g/mol. The van der Waals surface area contributed by atoms with Gasteiger partial charge in [0.05, 0.1) is 17.8 Å². The highest BCUT2D eigenvalue weighted by Gasteiger charge is 2.26. The van der Waals surface area contributed by atoms with E-state index in [0.717, 1.165) is 54.3 Å². The number of hydrogen-bond acceptors (Lipinski definition) is 6. The monoisotopic (exact) mass is 395 g/mol. The van der Waals surface area contributed by atoms with Crippen molar-refractivity contribution < 1.29 is 0 Å². The first-order valence-electron chi connectivity index (χ1n) is 10.0. The zero-order chi connectivity index (χ0) is 20.3. The van der Waals surface area contributed by atoms with Crippen LogP contribution in [0.2, 0.25) is 0 Å². The lowest BCUT2D eigenvalue weighted by Crippen LogP contribution is -2.31. The maximum absolute atomic E-state index is 10.00. The van der Waals surface area contributed by atoms with Crippen molar-refractivity contribution in [2.75, 3.05) is 11.9 Å². The first kappa shape index (κ1) is 18.3. The van der Waals surface area contributed by atoms with Gasteiger partial charge in [-0.05, 0) is 29.7 Å². The van der Waals surface area contributed by atoms with Crippen LogP contribution in [-0.4, -0.2) is 31.0 Å². The third kappa shape index (κ3) is 3.38. The number of pyridine rings is 2. The van der Waals surface area contributed by atoms with E-state index >= 15 is 0 Å². The van der Waals surface area contributed by atoms with E-state index in [1.165, 1.54) is 5.56 Å². The van der Waals surface area contributed by atoms with Gasteiger partial charge >= 0.3 is 0 Å². The molecule has 1 aromatic carbocycles. The van der Waals surface area contributed by atoms with Gasteiger partial charge < -0.3 is 5.32 Å². The van der Waals surface area contributed by atoms with E-state index in [1.54, 1.807) is 12.5 Å². The normalized spacial score (nSPS) is 13.7. The number of nitrogens with one attached hydrogen (secondary N) is 1.